The number of carbonyl (C=O) groups is 1. The van der Waals surface area contributed by atoms with Gasteiger partial charge in [0.25, 0.3) is 0 Å². The maximum absolute atomic E-state index is 12.1. The first kappa shape index (κ1) is 15.8. The normalized spacial score (nSPS) is 10.8. The fraction of sp³-hybridized carbons (Fsp3) is 0.176. The number of nitrogens with zero attached hydrogens (tertiary/aromatic N) is 1. The van der Waals surface area contributed by atoms with Gasteiger partial charge in [-0.3, -0.25) is 14.2 Å². The molecular formula is C17H16N2O2S2. The van der Waals surface area contributed by atoms with E-state index in [2.05, 4.69) is 5.32 Å². The highest BCUT2D eigenvalue weighted by Gasteiger charge is 2.08. The van der Waals surface area contributed by atoms with Crippen molar-refractivity contribution in [3.63, 3.8) is 0 Å². The van der Waals surface area contributed by atoms with Crippen molar-refractivity contribution in [1.29, 1.82) is 0 Å². The van der Waals surface area contributed by atoms with E-state index in [1.807, 2.05) is 55.5 Å². The predicted octanol–water partition coefficient (Wildman–Crippen LogP) is 3.81. The minimum absolute atomic E-state index is 0.0330. The van der Waals surface area contributed by atoms with Gasteiger partial charge in [-0.05, 0) is 37.3 Å². The van der Waals surface area contributed by atoms with Gasteiger partial charge in [-0.1, -0.05) is 29.5 Å². The molecule has 0 saturated heterocycles. The van der Waals surface area contributed by atoms with E-state index in [4.69, 9.17) is 0 Å². The molecule has 0 bridgehead atoms. The van der Waals surface area contributed by atoms with Crippen LogP contribution in [0.5, 0.6) is 0 Å². The second kappa shape index (κ2) is 7.02. The Labute approximate surface area is 142 Å². The quantitative estimate of drug-likeness (QED) is 0.716. The summed E-state index contributed by atoms with van der Waals surface area (Å²) in [5.74, 6) is 0.300. The van der Waals surface area contributed by atoms with E-state index < -0.39 is 0 Å². The van der Waals surface area contributed by atoms with Crippen molar-refractivity contribution >= 4 is 44.9 Å². The maximum atomic E-state index is 12.1. The number of thiazole rings is 1. The van der Waals surface area contributed by atoms with Crippen molar-refractivity contribution in [3.05, 3.63) is 58.2 Å². The number of aromatic nitrogens is 1. The van der Waals surface area contributed by atoms with Gasteiger partial charge in [-0.25, -0.2) is 0 Å². The third-order valence-electron chi connectivity index (χ3n) is 3.38. The summed E-state index contributed by atoms with van der Waals surface area (Å²) in [5.41, 5.74) is 1.64. The number of aryl methyl sites for hydroxylation is 1. The third-order valence-corrected chi connectivity index (χ3v) is 5.34. The van der Waals surface area contributed by atoms with Gasteiger partial charge in [0.15, 0.2) is 0 Å². The number of fused-ring (bicyclic) bond motifs is 1. The predicted molar refractivity (Wildman–Crippen MR) is 97.6 cm³/mol. The first-order valence-corrected chi connectivity index (χ1v) is 9.08. The fourth-order valence-electron chi connectivity index (χ4n) is 2.31. The Morgan fingerprint density at radius 1 is 1.22 bits per heavy atom. The van der Waals surface area contributed by atoms with Crippen molar-refractivity contribution in [3.8, 4) is 0 Å². The summed E-state index contributed by atoms with van der Waals surface area (Å²) >= 11 is 2.70. The first-order valence-electron chi connectivity index (χ1n) is 7.28. The van der Waals surface area contributed by atoms with Gasteiger partial charge in [-0.2, -0.15) is 0 Å². The van der Waals surface area contributed by atoms with Crippen LogP contribution in [0.1, 0.15) is 6.92 Å². The number of benzene rings is 2. The van der Waals surface area contributed by atoms with Crippen LogP contribution in [0.3, 0.4) is 0 Å². The molecule has 0 unspecified atom stereocenters. The molecule has 1 N–H and O–H groups in total. The number of carbonyl (C=O) groups excluding carboxylic acids is 1. The van der Waals surface area contributed by atoms with E-state index in [1.54, 1.807) is 4.57 Å². The van der Waals surface area contributed by atoms with E-state index in [0.717, 1.165) is 20.8 Å². The molecule has 3 rings (SSSR count). The van der Waals surface area contributed by atoms with Gasteiger partial charge in [0.2, 0.25) is 5.91 Å². The average Bonchev–Trinajstić information content (AvgIpc) is 2.88. The molecule has 0 atom stereocenters. The molecule has 2 aromatic carbocycles. The summed E-state index contributed by atoms with van der Waals surface area (Å²) in [5, 5.41) is 2.89. The number of thioether (sulfide) groups is 1. The SMILES string of the molecule is CCn1c(=O)sc2cc(NC(=O)CSc3ccccc3)ccc21. The van der Waals surface area contributed by atoms with Crippen LogP contribution in [-0.4, -0.2) is 16.2 Å². The molecule has 0 aliphatic carbocycles. The molecule has 3 aromatic rings. The standard InChI is InChI=1S/C17H16N2O2S2/c1-2-19-14-9-8-12(10-15(14)23-17(19)21)18-16(20)11-22-13-6-4-3-5-7-13/h3-10H,2,11H2,1H3,(H,18,20). The molecule has 1 aromatic heterocycles. The Morgan fingerprint density at radius 2 is 2.00 bits per heavy atom. The van der Waals surface area contributed by atoms with E-state index in [0.29, 0.717) is 12.3 Å². The largest absolute Gasteiger partial charge is 0.325 e. The summed E-state index contributed by atoms with van der Waals surface area (Å²) < 4.78 is 2.63. The van der Waals surface area contributed by atoms with Gasteiger partial charge in [-0.15, -0.1) is 11.8 Å². The first-order chi connectivity index (χ1) is 11.2. The van der Waals surface area contributed by atoms with Crippen molar-refractivity contribution in [2.45, 2.75) is 18.4 Å². The summed E-state index contributed by atoms with van der Waals surface area (Å²) in [4.78, 5) is 25.0. The topological polar surface area (TPSA) is 51.1 Å². The van der Waals surface area contributed by atoms with Crippen LogP contribution >= 0.6 is 23.1 Å². The lowest BCUT2D eigenvalue weighted by molar-refractivity contribution is -0.113. The maximum Gasteiger partial charge on any atom is 0.308 e. The zero-order valence-electron chi connectivity index (χ0n) is 12.6. The number of hydrogen-bond acceptors (Lipinski definition) is 4. The van der Waals surface area contributed by atoms with E-state index in [-0.39, 0.29) is 10.8 Å². The van der Waals surface area contributed by atoms with E-state index in [1.165, 1.54) is 23.1 Å². The average molecular weight is 344 g/mol. The number of nitrogens with one attached hydrogen (secondary N) is 1. The highest BCUT2D eigenvalue weighted by Crippen LogP contribution is 2.22. The van der Waals surface area contributed by atoms with E-state index in [9.17, 15) is 9.59 Å². The summed E-state index contributed by atoms with van der Waals surface area (Å²) in [6, 6.07) is 15.4. The van der Waals surface area contributed by atoms with E-state index >= 15 is 0 Å². The highest BCUT2D eigenvalue weighted by molar-refractivity contribution is 8.00. The van der Waals surface area contributed by atoms with Gasteiger partial charge >= 0.3 is 4.87 Å². The van der Waals surface area contributed by atoms with Crippen LogP contribution in [0.4, 0.5) is 5.69 Å². The molecule has 1 amide bonds. The lowest BCUT2D eigenvalue weighted by atomic mass is 10.3. The molecule has 0 radical (unpaired) electrons. The second-order valence-electron chi connectivity index (χ2n) is 4.94. The monoisotopic (exact) mass is 344 g/mol. The molecule has 0 fully saturated rings. The molecule has 23 heavy (non-hydrogen) atoms. The Bertz CT molecular complexity index is 884. The minimum Gasteiger partial charge on any atom is -0.325 e. The van der Waals surface area contributed by atoms with Crippen LogP contribution in [0.25, 0.3) is 10.2 Å². The van der Waals surface area contributed by atoms with Crippen molar-refractivity contribution in [1.82, 2.24) is 4.57 Å². The number of hydrogen-bond donors (Lipinski definition) is 1. The summed E-state index contributed by atoms with van der Waals surface area (Å²) in [6.45, 7) is 2.60. The number of anilines is 1. The zero-order valence-corrected chi connectivity index (χ0v) is 14.2. The van der Waals surface area contributed by atoms with Crippen LogP contribution in [0.15, 0.2) is 58.2 Å². The van der Waals surface area contributed by atoms with Crippen LogP contribution in [-0.2, 0) is 11.3 Å². The molecule has 4 nitrogen and oxygen atoms in total. The molecule has 0 aliphatic heterocycles. The lowest BCUT2D eigenvalue weighted by Gasteiger charge is -2.06. The Hall–Kier alpha value is -2.05. The molecule has 118 valence electrons. The Morgan fingerprint density at radius 3 is 2.74 bits per heavy atom. The number of amides is 1. The summed E-state index contributed by atoms with van der Waals surface area (Å²) in [7, 11) is 0. The Balaban J connectivity index is 1.69. The lowest BCUT2D eigenvalue weighted by Crippen LogP contribution is -2.14. The van der Waals surface area contributed by atoms with Gasteiger partial charge < -0.3 is 5.32 Å². The zero-order chi connectivity index (χ0) is 16.2. The Kier molecular flexibility index (Phi) is 4.83. The van der Waals surface area contributed by atoms with Crippen LogP contribution in [0, 0.1) is 0 Å². The van der Waals surface area contributed by atoms with Crippen LogP contribution in [0.2, 0.25) is 0 Å². The second-order valence-corrected chi connectivity index (χ2v) is 6.99. The minimum atomic E-state index is -0.0551. The fourth-order valence-corrected chi connectivity index (χ4v) is 4.02. The molecular weight excluding hydrogens is 328 g/mol. The van der Waals surface area contributed by atoms with Gasteiger partial charge in [0.1, 0.15) is 0 Å². The van der Waals surface area contributed by atoms with Crippen molar-refractivity contribution in [2.24, 2.45) is 0 Å². The number of rotatable bonds is 5. The molecule has 0 saturated carbocycles. The highest BCUT2D eigenvalue weighted by atomic mass is 32.2. The molecule has 6 heteroatoms. The van der Waals surface area contributed by atoms with Gasteiger partial charge in [0.05, 0.1) is 16.0 Å². The van der Waals surface area contributed by atoms with Gasteiger partial charge in [0, 0.05) is 17.1 Å². The molecule has 1 heterocycles. The van der Waals surface area contributed by atoms with Crippen molar-refractivity contribution in [2.75, 3.05) is 11.1 Å². The van der Waals surface area contributed by atoms with Crippen LogP contribution < -0.4 is 10.2 Å². The smallest absolute Gasteiger partial charge is 0.308 e. The molecule has 0 spiro atoms. The van der Waals surface area contributed by atoms with Crippen molar-refractivity contribution < 1.29 is 4.79 Å². The summed E-state index contributed by atoms with van der Waals surface area (Å²) in [6.07, 6.45) is 0. The molecule has 0 aliphatic rings. The third kappa shape index (κ3) is 3.65.